The van der Waals surface area contributed by atoms with E-state index >= 15 is 4.39 Å². The van der Waals surface area contributed by atoms with Crippen LogP contribution < -0.4 is 21.8 Å². The van der Waals surface area contributed by atoms with Crippen LogP contribution in [0.5, 0.6) is 0 Å². The smallest absolute Gasteiger partial charge is 0.282 e. The fraction of sp³-hybridized carbons (Fsp3) is 0.286. The molecular weight excluding hydrogens is 587 g/mol. The summed E-state index contributed by atoms with van der Waals surface area (Å²) in [6.45, 7) is 10.6. The van der Waals surface area contributed by atoms with Gasteiger partial charge in [-0.05, 0) is 66.3 Å². The molecule has 0 radical (unpaired) electrons. The van der Waals surface area contributed by atoms with Crippen LogP contribution in [0.15, 0.2) is 76.7 Å². The summed E-state index contributed by atoms with van der Waals surface area (Å²) in [7, 11) is 1.61. The first-order valence-corrected chi connectivity index (χ1v) is 14.8. The summed E-state index contributed by atoms with van der Waals surface area (Å²) in [5, 5.41) is 21.2. The Kier molecular flexibility index (Phi) is 8.39. The van der Waals surface area contributed by atoms with E-state index in [2.05, 4.69) is 20.7 Å². The molecule has 0 aliphatic carbocycles. The third-order valence-corrected chi connectivity index (χ3v) is 7.97. The molecule has 3 aromatic heterocycles. The number of aromatic nitrogens is 4. The van der Waals surface area contributed by atoms with Gasteiger partial charge in [-0.15, -0.1) is 0 Å². The molecule has 2 aromatic carbocycles. The molecule has 1 amide bonds. The van der Waals surface area contributed by atoms with Gasteiger partial charge in [0.2, 0.25) is 5.91 Å². The number of pyridine rings is 2. The van der Waals surface area contributed by atoms with Crippen LogP contribution in [-0.4, -0.2) is 30.3 Å². The second-order valence-electron chi connectivity index (χ2n) is 12.9. The van der Waals surface area contributed by atoms with Gasteiger partial charge in [-0.3, -0.25) is 14.4 Å². The fourth-order valence-electron chi connectivity index (χ4n) is 5.48. The van der Waals surface area contributed by atoms with Crippen molar-refractivity contribution in [1.82, 2.24) is 24.6 Å². The minimum Gasteiger partial charge on any atom is -0.392 e. The number of nitrogens with one attached hydrogen (secondary N) is 2. The summed E-state index contributed by atoms with van der Waals surface area (Å²) in [5.74, 6) is -0.391. The van der Waals surface area contributed by atoms with Gasteiger partial charge in [0.1, 0.15) is 17.3 Å². The lowest BCUT2D eigenvalue weighted by atomic mass is 9.86. The maximum atomic E-state index is 15.3. The van der Waals surface area contributed by atoms with Crippen LogP contribution in [0, 0.1) is 5.82 Å². The van der Waals surface area contributed by atoms with Gasteiger partial charge in [0.25, 0.3) is 11.1 Å². The monoisotopic (exact) mass is 624 g/mol. The molecule has 0 aliphatic rings. The van der Waals surface area contributed by atoms with E-state index in [1.54, 1.807) is 55.8 Å². The molecule has 0 saturated carbocycles. The van der Waals surface area contributed by atoms with Crippen LogP contribution in [0.4, 0.5) is 15.9 Å². The van der Waals surface area contributed by atoms with E-state index in [-0.39, 0.29) is 33.6 Å². The minimum absolute atomic E-state index is 0.0927. The van der Waals surface area contributed by atoms with Gasteiger partial charge in [0.05, 0.1) is 29.4 Å². The van der Waals surface area contributed by atoms with Crippen molar-refractivity contribution in [3.05, 3.63) is 110 Å². The highest BCUT2D eigenvalue weighted by molar-refractivity contribution is 5.83. The number of aryl methyl sites for hydroxylation is 1. The van der Waals surface area contributed by atoms with Crippen molar-refractivity contribution in [2.75, 3.05) is 5.32 Å². The lowest BCUT2D eigenvalue weighted by Gasteiger charge is -2.26. The Hall–Kier alpha value is -5.16. The molecule has 5 rings (SSSR count). The molecule has 0 saturated heterocycles. The summed E-state index contributed by atoms with van der Waals surface area (Å²) in [5.41, 5.74) is 1.62. The molecule has 0 unspecified atom stereocenters. The average Bonchev–Trinajstić information content (AvgIpc) is 2.98. The van der Waals surface area contributed by atoms with Crippen LogP contribution in [-0.2, 0) is 29.4 Å². The first-order valence-electron chi connectivity index (χ1n) is 14.8. The number of aliphatic hydroxyl groups excluding tert-OH is 1. The number of benzene rings is 2. The zero-order chi connectivity index (χ0) is 33.6. The number of fused-ring (bicyclic) bond motifs is 1. The van der Waals surface area contributed by atoms with E-state index in [1.165, 1.54) is 23.8 Å². The Balaban J connectivity index is 1.56. The largest absolute Gasteiger partial charge is 0.392 e. The summed E-state index contributed by atoms with van der Waals surface area (Å²) in [4.78, 5) is 42.8. The van der Waals surface area contributed by atoms with Crippen LogP contribution in [0.1, 0.15) is 58.2 Å². The number of aliphatic hydroxyl groups is 1. The van der Waals surface area contributed by atoms with Gasteiger partial charge >= 0.3 is 0 Å². The molecular formula is C35H37FN6O4. The zero-order valence-electron chi connectivity index (χ0n) is 26.9. The molecule has 11 heteroatoms. The van der Waals surface area contributed by atoms with E-state index in [0.717, 1.165) is 15.8 Å². The third kappa shape index (κ3) is 6.18. The van der Waals surface area contributed by atoms with Crippen molar-refractivity contribution in [3.63, 3.8) is 0 Å². The van der Waals surface area contributed by atoms with Crippen LogP contribution in [0.2, 0.25) is 0 Å². The number of anilines is 2. The third-order valence-electron chi connectivity index (χ3n) is 7.97. The second-order valence-corrected chi connectivity index (χ2v) is 12.9. The topological polar surface area (TPSA) is 131 Å². The zero-order valence-corrected chi connectivity index (χ0v) is 26.9. The van der Waals surface area contributed by atoms with Gasteiger partial charge in [0, 0.05) is 42.9 Å². The normalized spacial score (nSPS) is 11.9. The number of rotatable bonds is 7. The first kappa shape index (κ1) is 32.2. The van der Waals surface area contributed by atoms with E-state index in [1.807, 2.05) is 40.7 Å². The Morgan fingerprint density at radius 2 is 1.72 bits per heavy atom. The molecule has 0 aliphatic heterocycles. The van der Waals surface area contributed by atoms with E-state index in [0.29, 0.717) is 27.9 Å². The van der Waals surface area contributed by atoms with E-state index < -0.39 is 23.5 Å². The molecule has 0 spiro atoms. The molecule has 238 valence electrons. The lowest BCUT2D eigenvalue weighted by molar-refractivity contribution is -0.120. The van der Waals surface area contributed by atoms with Gasteiger partial charge in [-0.25, -0.2) is 9.37 Å². The summed E-state index contributed by atoms with van der Waals surface area (Å²) in [6, 6.07) is 13.4. The average molecular weight is 625 g/mol. The van der Waals surface area contributed by atoms with Crippen LogP contribution >= 0.6 is 0 Å². The molecule has 3 N–H and O–H groups in total. The SMILES string of the molecule is CC(=O)NC(C)(C)c1ccc(Nc2cc(-c3cccc(-n4ncc5cc(C(C)(C)C)cc(F)c5c4=O)c3CO)cn(C)c2=O)nc1. The number of hydrogen-bond donors (Lipinski definition) is 3. The van der Waals surface area contributed by atoms with Crippen molar-refractivity contribution in [1.29, 1.82) is 0 Å². The van der Waals surface area contributed by atoms with Crippen LogP contribution in [0.25, 0.3) is 27.6 Å². The number of carbonyl (C=O) groups is 1. The fourth-order valence-corrected chi connectivity index (χ4v) is 5.48. The Bertz CT molecular complexity index is 2090. The highest BCUT2D eigenvalue weighted by atomic mass is 19.1. The molecule has 46 heavy (non-hydrogen) atoms. The van der Waals surface area contributed by atoms with Crippen molar-refractivity contribution < 1.29 is 14.3 Å². The number of halogens is 1. The Labute approximate surface area is 265 Å². The quantitative estimate of drug-likeness (QED) is 0.227. The summed E-state index contributed by atoms with van der Waals surface area (Å²) >= 11 is 0. The first-order chi connectivity index (χ1) is 21.6. The summed E-state index contributed by atoms with van der Waals surface area (Å²) in [6.07, 6.45) is 4.70. The number of amides is 1. The molecule has 0 fully saturated rings. The second kappa shape index (κ2) is 12.0. The predicted molar refractivity (Wildman–Crippen MR) is 177 cm³/mol. The maximum Gasteiger partial charge on any atom is 0.282 e. The highest BCUT2D eigenvalue weighted by Gasteiger charge is 2.23. The molecule has 0 bridgehead atoms. The van der Waals surface area contributed by atoms with Gasteiger partial charge in [0.15, 0.2) is 0 Å². The van der Waals surface area contributed by atoms with Crippen molar-refractivity contribution in [2.45, 2.75) is 59.1 Å². The Morgan fingerprint density at radius 3 is 2.35 bits per heavy atom. The highest BCUT2D eigenvalue weighted by Crippen LogP contribution is 2.31. The number of nitrogens with zero attached hydrogens (tertiary/aromatic N) is 4. The van der Waals surface area contributed by atoms with Gasteiger partial charge in [-0.1, -0.05) is 39.0 Å². The maximum absolute atomic E-state index is 15.3. The van der Waals surface area contributed by atoms with Crippen molar-refractivity contribution in [2.24, 2.45) is 7.05 Å². The minimum atomic E-state index is -0.652. The molecule has 3 heterocycles. The van der Waals surface area contributed by atoms with Gasteiger partial charge < -0.3 is 20.3 Å². The number of hydrogen-bond acceptors (Lipinski definition) is 7. The molecule has 0 atom stereocenters. The van der Waals surface area contributed by atoms with E-state index in [4.69, 9.17) is 0 Å². The van der Waals surface area contributed by atoms with Crippen molar-refractivity contribution in [3.8, 4) is 16.8 Å². The van der Waals surface area contributed by atoms with Gasteiger partial charge in [-0.2, -0.15) is 9.78 Å². The van der Waals surface area contributed by atoms with E-state index in [9.17, 15) is 19.5 Å². The molecule has 5 aromatic rings. The molecule has 10 nitrogen and oxygen atoms in total. The number of carbonyl (C=O) groups excluding carboxylic acids is 1. The predicted octanol–water partition coefficient (Wildman–Crippen LogP) is 5.19. The van der Waals surface area contributed by atoms with Crippen molar-refractivity contribution >= 4 is 28.2 Å². The lowest BCUT2D eigenvalue weighted by Crippen LogP contribution is -2.39. The summed E-state index contributed by atoms with van der Waals surface area (Å²) < 4.78 is 17.8. The van der Waals surface area contributed by atoms with Crippen LogP contribution in [0.3, 0.4) is 0 Å². The Morgan fingerprint density at radius 1 is 0.978 bits per heavy atom. The standard InChI is InChI=1S/C35H37FN6O4/c1-20(44)40-35(5,6)23-11-12-30(37-17-23)39-28-14-22(18-41(7)32(28)45)25-9-8-10-29(26(25)19-43)42-33(46)31-21(16-38-42)13-24(15-27(31)36)34(2,3)4/h8-18,43H,19H2,1-7H3,(H,37,39)(H,40,44).